The van der Waals surface area contributed by atoms with Gasteiger partial charge >= 0.3 is 0 Å². The van der Waals surface area contributed by atoms with Gasteiger partial charge in [0.25, 0.3) is 5.91 Å². The second kappa shape index (κ2) is 7.01. The van der Waals surface area contributed by atoms with E-state index in [-0.39, 0.29) is 5.91 Å². The second-order valence-corrected chi connectivity index (χ2v) is 5.81. The number of halogens is 1. The topological polar surface area (TPSA) is 45.2 Å². The number of amides is 1. The number of nitrogens with one attached hydrogen (secondary N) is 1. The van der Waals surface area contributed by atoms with Crippen LogP contribution in [-0.2, 0) is 0 Å². The van der Waals surface area contributed by atoms with Crippen LogP contribution < -0.4 is 5.32 Å². The van der Waals surface area contributed by atoms with Crippen molar-refractivity contribution in [3.05, 3.63) is 28.5 Å². The van der Waals surface area contributed by atoms with Gasteiger partial charge in [-0.3, -0.25) is 4.79 Å². The maximum Gasteiger partial charge on any atom is 0.272 e. The quantitative estimate of drug-likeness (QED) is 0.923. The van der Waals surface area contributed by atoms with E-state index in [0.29, 0.717) is 11.6 Å². The van der Waals surface area contributed by atoms with Crippen molar-refractivity contribution in [1.82, 2.24) is 15.2 Å². The van der Waals surface area contributed by atoms with Gasteiger partial charge in [0.1, 0.15) is 5.69 Å². The van der Waals surface area contributed by atoms with Crippen molar-refractivity contribution < 1.29 is 4.79 Å². The highest BCUT2D eigenvalue weighted by molar-refractivity contribution is 9.10. The Morgan fingerprint density at radius 1 is 1.47 bits per heavy atom. The average molecular weight is 326 g/mol. The maximum absolute atomic E-state index is 12.4. The van der Waals surface area contributed by atoms with Gasteiger partial charge in [-0.05, 0) is 66.8 Å². The van der Waals surface area contributed by atoms with E-state index in [9.17, 15) is 4.79 Å². The number of hydrogen-bond donors (Lipinski definition) is 1. The van der Waals surface area contributed by atoms with Crippen molar-refractivity contribution in [3.8, 4) is 0 Å². The highest BCUT2D eigenvalue weighted by atomic mass is 79.9. The fourth-order valence-corrected chi connectivity index (χ4v) is 2.63. The lowest BCUT2D eigenvalue weighted by atomic mass is 9.97. The fraction of sp³-hybridized carbons (Fsp3) is 0.571. The van der Waals surface area contributed by atoms with Crippen LogP contribution in [0.4, 0.5) is 0 Å². The van der Waals surface area contributed by atoms with Crippen molar-refractivity contribution in [2.45, 2.75) is 19.8 Å². The van der Waals surface area contributed by atoms with Gasteiger partial charge in [0.05, 0.1) is 0 Å². The highest BCUT2D eigenvalue weighted by Crippen LogP contribution is 2.15. The molecule has 0 saturated carbocycles. The minimum atomic E-state index is 0.0357. The molecule has 5 heteroatoms. The molecule has 104 valence electrons. The van der Waals surface area contributed by atoms with Gasteiger partial charge < -0.3 is 10.2 Å². The van der Waals surface area contributed by atoms with Gasteiger partial charge in [-0.25, -0.2) is 4.98 Å². The lowest BCUT2D eigenvalue weighted by Gasteiger charge is -2.29. The first-order valence-electron chi connectivity index (χ1n) is 6.82. The molecule has 1 aromatic rings. The molecule has 0 spiro atoms. The Hall–Kier alpha value is -0.940. The van der Waals surface area contributed by atoms with Crippen LogP contribution in [-0.4, -0.2) is 42.0 Å². The smallest absolute Gasteiger partial charge is 0.272 e. The molecule has 1 N–H and O–H groups in total. The molecule has 0 aliphatic carbocycles. The lowest BCUT2D eigenvalue weighted by Crippen LogP contribution is -2.39. The first-order valence-corrected chi connectivity index (χ1v) is 7.61. The third-order valence-electron chi connectivity index (χ3n) is 3.55. The molecule has 0 unspecified atom stereocenters. The highest BCUT2D eigenvalue weighted by Gasteiger charge is 2.21. The van der Waals surface area contributed by atoms with Crippen LogP contribution in [0.25, 0.3) is 0 Å². The summed E-state index contributed by atoms with van der Waals surface area (Å²) >= 11 is 3.33. The average Bonchev–Trinajstić information content (AvgIpc) is 2.46. The van der Waals surface area contributed by atoms with Gasteiger partial charge in [-0.15, -0.1) is 0 Å². The fourth-order valence-electron chi connectivity index (χ4n) is 2.40. The molecular formula is C14H20BrN3O. The zero-order valence-corrected chi connectivity index (χ0v) is 12.8. The number of hydrogen-bond acceptors (Lipinski definition) is 3. The van der Waals surface area contributed by atoms with E-state index >= 15 is 0 Å². The van der Waals surface area contributed by atoms with E-state index in [2.05, 4.69) is 26.2 Å². The summed E-state index contributed by atoms with van der Waals surface area (Å²) in [4.78, 5) is 18.5. The van der Waals surface area contributed by atoms with Crippen LogP contribution in [0.5, 0.6) is 0 Å². The Labute approximate surface area is 122 Å². The summed E-state index contributed by atoms with van der Waals surface area (Å²) in [5.74, 6) is 0.647. The zero-order chi connectivity index (χ0) is 13.7. The van der Waals surface area contributed by atoms with Crippen LogP contribution in [0, 0.1) is 5.92 Å². The second-order valence-electron chi connectivity index (χ2n) is 4.90. The van der Waals surface area contributed by atoms with Gasteiger partial charge in [0.15, 0.2) is 0 Å². The van der Waals surface area contributed by atoms with Gasteiger partial charge in [-0.2, -0.15) is 0 Å². The summed E-state index contributed by atoms with van der Waals surface area (Å²) in [6.45, 7) is 5.73. The van der Waals surface area contributed by atoms with Crippen molar-refractivity contribution >= 4 is 21.8 Å². The summed E-state index contributed by atoms with van der Waals surface area (Å²) in [6.07, 6.45) is 3.97. The van der Waals surface area contributed by atoms with E-state index in [0.717, 1.165) is 43.5 Å². The molecule has 19 heavy (non-hydrogen) atoms. The summed E-state index contributed by atoms with van der Waals surface area (Å²) < 4.78 is 0.894. The molecule has 1 aliphatic rings. The zero-order valence-electron chi connectivity index (χ0n) is 11.2. The molecule has 0 radical (unpaired) electrons. The SMILES string of the molecule is CCN(CC1CCNCC1)C(=O)c1ccc(Br)cn1. The van der Waals surface area contributed by atoms with Crippen molar-refractivity contribution in [2.75, 3.05) is 26.2 Å². The molecule has 1 aliphatic heterocycles. The van der Waals surface area contributed by atoms with E-state index in [1.165, 1.54) is 0 Å². The molecule has 0 bridgehead atoms. The Kier molecular flexibility index (Phi) is 5.34. The van der Waals surface area contributed by atoms with E-state index in [4.69, 9.17) is 0 Å². The van der Waals surface area contributed by atoms with E-state index in [1.807, 2.05) is 17.9 Å². The molecule has 1 aromatic heterocycles. The summed E-state index contributed by atoms with van der Waals surface area (Å²) in [5, 5.41) is 3.35. The van der Waals surface area contributed by atoms with Gasteiger partial charge in [0.2, 0.25) is 0 Å². The van der Waals surface area contributed by atoms with Crippen LogP contribution in [0.1, 0.15) is 30.3 Å². The van der Waals surface area contributed by atoms with E-state index < -0.39 is 0 Å². The number of piperidine rings is 1. The molecule has 2 heterocycles. The number of carbonyl (C=O) groups is 1. The molecule has 0 atom stereocenters. The number of rotatable bonds is 4. The first-order chi connectivity index (χ1) is 9.20. The minimum Gasteiger partial charge on any atom is -0.337 e. The standard InChI is InChI=1S/C14H20BrN3O/c1-2-18(10-11-5-7-16-8-6-11)14(19)13-4-3-12(15)9-17-13/h3-4,9,11,16H,2,5-8,10H2,1H3. The molecule has 1 amide bonds. The molecule has 1 saturated heterocycles. The molecule has 1 fully saturated rings. The van der Waals surface area contributed by atoms with Crippen LogP contribution in [0.2, 0.25) is 0 Å². The van der Waals surface area contributed by atoms with Crippen molar-refractivity contribution in [2.24, 2.45) is 5.92 Å². The van der Waals surface area contributed by atoms with Crippen LogP contribution in [0.15, 0.2) is 22.8 Å². The summed E-state index contributed by atoms with van der Waals surface area (Å²) in [6, 6.07) is 3.64. The molecule has 4 nitrogen and oxygen atoms in total. The molecule has 2 rings (SSSR count). The molecule has 0 aromatic carbocycles. The first kappa shape index (κ1) is 14.5. The summed E-state index contributed by atoms with van der Waals surface area (Å²) in [5.41, 5.74) is 0.527. The lowest BCUT2D eigenvalue weighted by molar-refractivity contribution is 0.0721. The molecular weight excluding hydrogens is 306 g/mol. The van der Waals surface area contributed by atoms with Crippen molar-refractivity contribution in [1.29, 1.82) is 0 Å². The number of aromatic nitrogens is 1. The minimum absolute atomic E-state index is 0.0357. The number of carbonyl (C=O) groups excluding carboxylic acids is 1. The van der Waals surface area contributed by atoms with Gasteiger partial charge in [-0.1, -0.05) is 0 Å². The van der Waals surface area contributed by atoms with E-state index in [1.54, 1.807) is 12.3 Å². The Morgan fingerprint density at radius 2 is 2.21 bits per heavy atom. The van der Waals surface area contributed by atoms with Gasteiger partial charge in [0, 0.05) is 23.8 Å². The largest absolute Gasteiger partial charge is 0.337 e. The Bertz CT molecular complexity index is 415. The third-order valence-corrected chi connectivity index (χ3v) is 4.02. The third kappa shape index (κ3) is 4.01. The number of nitrogens with zero attached hydrogens (tertiary/aromatic N) is 2. The van der Waals surface area contributed by atoms with Crippen LogP contribution >= 0.6 is 15.9 Å². The monoisotopic (exact) mass is 325 g/mol. The summed E-state index contributed by atoms with van der Waals surface area (Å²) in [7, 11) is 0. The Balaban J connectivity index is 1.99. The predicted molar refractivity (Wildman–Crippen MR) is 79.1 cm³/mol. The normalized spacial score (nSPS) is 16.3. The number of pyridine rings is 1. The van der Waals surface area contributed by atoms with Crippen molar-refractivity contribution in [3.63, 3.8) is 0 Å². The predicted octanol–water partition coefficient (Wildman–Crippen LogP) is 2.31. The van der Waals surface area contributed by atoms with Crippen LogP contribution in [0.3, 0.4) is 0 Å². The maximum atomic E-state index is 12.4. The Morgan fingerprint density at radius 3 is 2.79 bits per heavy atom.